The van der Waals surface area contributed by atoms with E-state index < -0.39 is 5.97 Å². The van der Waals surface area contributed by atoms with Crippen LogP contribution in [0.3, 0.4) is 0 Å². The molecule has 4 aromatic rings. The van der Waals surface area contributed by atoms with E-state index in [1.807, 2.05) is 42.5 Å². The second kappa shape index (κ2) is 7.30. The molecule has 0 aliphatic rings. The molecule has 0 radical (unpaired) electrons. The number of carbonyl (C=O) groups excluding carboxylic acids is 1. The van der Waals surface area contributed by atoms with E-state index >= 15 is 0 Å². The van der Waals surface area contributed by atoms with Crippen LogP contribution in [0.25, 0.3) is 20.5 Å². The molecular weight excluding hydrogens is 384 g/mol. The number of halogens is 1. The van der Waals surface area contributed by atoms with Gasteiger partial charge in [-0.2, -0.15) is 0 Å². The first kappa shape index (κ1) is 17.4. The van der Waals surface area contributed by atoms with Gasteiger partial charge < -0.3 is 10.1 Å². The number of carbonyl (C=O) groups is 1. The van der Waals surface area contributed by atoms with Crippen LogP contribution in [-0.2, 0) is 4.79 Å². The van der Waals surface area contributed by atoms with Crippen LogP contribution in [0.5, 0.6) is 5.88 Å². The van der Waals surface area contributed by atoms with Gasteiger partial charge in [0.25, 0.3) is 5.88 Å². The number of anilines is 2. The van der Waals surface area contributed by atoms with E-state index in [9.17, 15) is 4.79 Å². The molecule has 0 saturated heterocycles. The minimum Gasteiger partial charge on any atom is -0.404 e. The molecule has 0 aliphatic carbocycles. The van der Waals surface area contributed by atoms with Gasteiger partial charge in [-0.15, -0.1) is 21.5 Å². The molecule has 8 heteroatoms. The third kappa shape index (κ3) is 3.74. The zero-order valence-corrected chi connectivity index (χ0v) is 15.7. The number of nitrogens with one attached hydrogen (secondary N) is 1. The summed E-state index contributed by atoms with van der Waals surface area (Å²) in [5.41, 5.74) is 1.79. The third-order valence-corrected chi connectivity index (χ3v) is 5.14. The average molecular weight is 397 g/mol. The van der Waals surface area contributed by atoms with Crippen LogP contribution in [0.15, 0.2) is 54.9 Å². The number of rotatable bonds is 4. The number of hydrogen-bond acceptors (Lipinski definition) is 7. The SMILES string of the molecule is CC(=O)Oc1nnc(Nc2cccnc2)c2cc(-c3ccc(Cl)cc3)sc12. The minimum absolute atomic E-state index is 0.194. The molecule has 6 nitrogen and oxygen atoms in total. The molecule has 3 heterocycles. The van der Waals surface area contributed by atoms with Crippen molar-refractivity contribution in [2.75, 3.05) is 5.32 Å². The normalized spacial score (nSPS) is 10.7. The van der Waals surface area contributed by atoms with Crippen molar-refractivity contribution in [1.82, 2.24) is 15.2 Å². The van der Waals surface area contributed by atoms with Crippen molar-refractivity contribution < 1.29 is 9.53 Å². The molecule has 4 rings (SSSR count). The van der Waals surface area contributed by atoms with E-state index in [2.05, 4.69) is 20.5 Å². The number of hydrogen-bond donors (Lipinski definition) is 1. The molecule has 0 aliphatic heterocycles. The maximum absolute atomic E-state index is 11.4. The van der Waals surface area contributed by atoms with Crippen LogP contribution in [0.1, 0.15) is 6.92 Å². The molecule has 0 saturated carbocycles. The van der Waals surface area contributed by atoms with Crippen LogP contribution in [0.2, 0.25) is 5.02 Å². The van der Waals surface area contributed by atoms with Gasteiger partial charge in [0.2, 0.25) is 0 Å². The van der Waals surface area contributed by atoms with E-state index in [-0.39, 0.29) is 5.88 Å². The van der Waals surface area contributed by atoms with E-state index in [0.29, 0.717) is 10.8 Å². The number of thiophene rings is 1. The zero-order valence-electron chi connectivity index (χ0n) is 14.1. The van der Waals surface area contributed by atoms with Crippen molar-refractivity contribution in [3.8, 4) is 16.3 Å². The second-order valence-electron chi connectivity index (χ2n) is 5.67. The molecular formula is C19H13ClN4O2S. The Balaban J connectivity index is 1.84. The highest BCUT2D eigenvalue weighted by atomic mass is 35.5. The largest absolute Gasteiger partial charge is 0.404 e. The van der Waals surface area contributed by atoms with Gasteiger partial charge in [0.15, 0.2) is 5.82 Å². The van der Waals surface area contributed by atoms with E-state index in [0.717, 1.165) is 26.2 Å². The fraction of sp³-hybridized carbons (Fsp3) is 0.0526. The molecule has 1 N–H and O–H groups in total. The number of pyridine rings is 1. The summed E-state index contributed by atoms with van der Waals surface area (Å²) in [6.45, 7) is 1.34. The van der Waals surface area contributed by atoms with Crippen molar-refractivity contribution in [2.45, 2.75) is 6.92 Å². The lowest BCUT2D eigenvalue weighted by atomic mass is 10.2. The Hall–Kier alpha value is -3.03. The molecule has 3 aromatic heterocycles. The third-order valence-electron chi connectivity index (χ3n) is 3.72. The predicted octanol–water partition coefficient (Wildman–Crippen LogP) is 5.08. The summed E-state index contributed by atoms with van der Waals surface area (Å²) in [7, 11) is 0. The molecule has 0 spiro atoms. The van der Waals surface area contributed by atoms with Crippen LogP contribution in [0, 0.1) is 0 Å². The number of nitrogens with zero attached hydrogens (tertiary/aromatic N) is 3. The van der Waals surface area contributed by atoms with Gasteiger partial charge in [0, 0.05) is 28.4 Å². The maximum Gasteiger partial charge on any atom is 0.309 e. The highest BCUT2D eigenvalue weighted by Gasteiger charge is 2.17. The summed E-state index contributed by atoms with van der Waals surface area (Å²) in [6.07, 6.45) is 3.39. The number of aromatic nitrogens is 3. The summed E-state index contributed by atoms with van der Waals surface area (Å²) in [4.78, 5) is 16.5. The molecule has 0 fully saturated rings. The van der Waals surface area contributed by atoms with Crippen molar-refractivity contribution in [3.63, 3.8) is 0 Å². The molecule has 27 heavy (non-hydrogen) atoms. The van der Waals surface area contributed by atoms with Crippen molar-refractivity contribution >= 4 is 50.5 Å². The van der Waals surface area contributed by atoms with Gasteiger partial charge in [0.05, 0.1) is 11.9 Å². The van der Waals surface area contributed by atoms with Gasteiger partial charge in [-0.05, 0) is 35.9 Å². The van der Waals surface area contributed by atoms with Gasteiger partial charge in [-0.25, -0.2) is 0 Å². The lowest BCUT2D eigenvalue weighted by molar-refractivity contribution is -0.132. The van der Waals surface area contributed by atoms with E-state index in [1.54, 1.807) is 12.4 Å². The predicted molar refractivity (Wildman–Crippen MR) is 107 cm³/mol. The smallest absolute Gasteiger partial charge is 0.309 e. The van der Waals surface area contributed by atoms with E-state index in [1.165, 1.54) is 18.3 Å². The van der Waals surface area contributed by atoms with Crippen molar-refractivity contribution in [2.24, 2.45) is 0 Å². The highest BCUT2D eigenvalue weighted by molar-refractivity contribution is 7.22. The Kier molecular flexibility index (Phi) is 4.70. The molecule has 0 atom stereocenters. The summed E-state index contributed by atoms with van der Waals surface area (Å²) < 4.78 is 5.97. The fourth-order valence-electron chi connectivity index (χ4n) is 2.55. The maximum atomic E-state index is 11.4. The molecule has 0 unspecified atom stereocenters. The highest BCUT2D eigenvalue weighted by Crippen LogP contribution is 2.40. The van der Waals surface area contributed by atoms with Crippen LogP contribution in [-0.4, -0.2) is 21.2 Å². The second-order valence-corrected chi connectivity index (χ2v) is 7.16. The quantitative estimate of drug-likeness (QED) is 0.485. The Morgan fingerprint density at radius 3 is 2.70 bits per heavy atom. The van der Waals surface area contributed by atoms with Crippen molar-refractivity contribution in [1.29, 1.82) is 0 Å². The standard InChI is InChI=1S/C19H13ClN4O2S/c1-11(25)26-19-17-15(9-16(27-17)12-4-6-13(20)7-5-12)18(23-24-19)22-14-3-2-8-21-10-14/h2-10H,1H3,(H,22,23). The van der Waals surface area contributed by atoms with Gasteiger partial charge in [-0.3, -0.25) is 9.78 Å². The summed E-state index contributed by atoms with van der Waals surface area (Å²) in [5.74, 6) is 0.310. The van der Waals surface area contributed by atoms with E-state index in [4.69, 9.17) is 16.3 Å². The lowest BCUT2D eigenvalue weighted by Crippen LogP contribution is -2.05. The van der Waals surface area contributed by atoms with Crippen LogP contribution >= 0.6 is 22.9 Å². The zero-order chi connectivity index (χ0) is 18.8. The Morgan fingerprint density at radius 2 is 2.00 bits per heavy atom. The Morgan fingerprint density at radius 1 is 1.19 bits per heavy atom. The van der Waals surface area contributed by atoms with Gasteiger partial charge >= 0.3 is 5.97 Å². The number of ether oxygens (including phenoxy) is 1. The van der Waals surface area contributed by atoms with Crippen LogP contribution in [0.4, 0.5) is 11.5 Å². The summed E-state index contributed by atoms with van der Waals surface area (Å²) >= 11 is 7.46. The van der Waals surface area contributed by atoms with Gasteiger partial charge in [-0.1, -0.05) is 23.7 Å². The molecule has 0 bridgehead atoms. The Labute approximate surface area is 163 Å². The number of esters is 1. The lowest BCUT2D eigenvalue weighted by Gasteiger charge is -2.07. The summed E-state index contributed by atoms with van der Waals surface area (Å²) in [5, 5.41) is 13.0. The number of fused-ring (bicyclic) bond motifs is 1. The molecule has 1 aromatic carbocycles. The first-order chi connectivity index (χ1) is 13.1. The number of benzene rings is 1. The first-order valence-corrected chi connectivity index (χ1v) is 9.21. The first-order valence-electron chi connectivity index (χ1n) is 8.02. The molecule has 0 amide bonds. The van der Waals surface area contributed by atoms with Crippen molar-refractivity contribution in [3.05, 3.63) is 59.9 Å². The minimum atomic E-state index is -0.444. The monoisotopic (exact) mass is 396 g/mol. The topological polar surface area (TPSA) is 77.0 Å². The van der Waals surface area contributed by atoms with Crippen LogP contribution < -0.4 is 10.1 Å². The van der Waals surface area contributed by atoms with Gasteiger partial charge in [0.1, 0.15) is 4.70 Å². The Bertz CT molecular complexity index is 1110. The molecule has 134 valence electrons. The average Bonchev–Trinajstić information content (AvgIpc) is 3.11. The summed E-state index contributed by atoms with van der Waals surface area (Å²) in [6, 6.07) is 13.2. The fourth-order valence-corrected chi connectivity index (χ4v) is 3.76.